The van der Waals surface area contributed by atoms with Crippen molar-refractivity contribution < 1.29 is 13.2 Å². The van der Waals surface area contributed by atoms with E-state index >= 15 is 0 Å². The molecule has 3 N–H and O–H groups in total. The summed E-state index contributed by atoms with van der Waals surface area (Å²) in [6.45, 7) is 1.75. The number of nitrogens with two attached hydrogens (primary N) is 1. The molecule has 0 bridgehead atoms. The summed E-state index contributed by atoms with van der Waals surface area (Å²) >= 11 is 3.28. The van der Waals surface area contributed by atoms with Gasteiger partial charge in [0.15, 0.2) is 9.84 Å². The molecular weight excluding hydrogens is 332 g/mol. The standard InChI is InChI=1S/C12H13BrN2O3S/c1-7-10(4-8(13)5-11(7)14)12(16)15-9-2-3-19(17,18)6-9/h2-5,9H,6,14H2,1H3,(H,15,16). The summed E-state index contributed by atoms with van der Waals surface area (Å²) in [5, 5.41) is 3.79. The summed E-state index contributed by atoms with van der Waals surface area (Å²) in [6, 6.07) is 2.89. The number of halogens is 1. The number of hydrogen-bond donors (Lipinski definition) is 2. The zero-order valence-corrected chi connectivity index (χ0v) is 12.6. The highest BCUT2D eigenvalue weighted by Gasteiger charge is 2.24. The Morgan fingerprint density at radius 2 is 2.16 bits per heavy atom. The van der Waals surface area contributed by atoms with Crippen molar-refractivity contribution >= 4 is 37.4 Å². The van der Waals surface area contributed by atoms with Gasteiger partial charge < -0.3 is 11.1 Å². The summed E-state index contributed by atoms with van der Waals surface area (Å²) in [6.07, 6.45) is 1.48. The molecule has 0 spiro atoms. The minimum absolute atomic E-state index is 0.0960. The second kappa shape index (κ2) is 4.97. The Morgan fingerprint density at radius 3 is 2.74 bits per heavy atom. The molecule has 0 saturated carbocycles. The van der Waals surface area contributed by atoms with Crippen LogP contribution in [0.2, 0.25) is 0 Å². The van der Waals surface area contributed by atoms with Gasteiger partial charge in [-0.1, -0.05) is 15.9 Å². The zero-order chi connectivity index (χ0) is 14.2. The van der Waals surface area contributed by atoms with Crippen LogP contribution in [0.1, 0.15) is 15.9 Å². The first-order valence-electron chi connectivity index (χ1n) is 5.56. The van der Waals surface area contributed by atoms with Crippen LogP contribution in [0.4, 0.5) is 5.69 Å². The minimum atomic E-state index is -3.18. The van der Waals surface area contributed by atoms with Crippen molar-refractivity contribution in [2.45, 2.75) is 13.0 Å². The molecule has 7 heteroatoms. The molecule has 1 unspecified atom stereocenters. The minimum Gasteiger partial charge on any atom is -0.398 e. The van der Waals surface area contributed by atoms with Crippen LogP contribution in [0.25, 0.3) is 0 Å². The predicted octanol–water partition coefficient (Wildman–Crippen LogP) is 1.38. The average Bonchev–Trinajstić information content (AvgIpc) is 2.63. The molecule has 102 valence electrons. The summed E-state index contributed by atoms with van der Waals surface area (Å²) in [5.41, 5.74) is 7.41. The Bertz CT molecular complexity index is 668. The van der Waals surface area contributed by atoms with Gasteiger partial charge in [-0.15, -0.1) is 0 Å². The fourth-order valence-corrected chi connectivity index (χ4v) is 3.56. The topological polar surface area (TPSA) is 89.3 Å². The Morgan fingerprint density at radius 1 is 1.47 bits per heavy atom. The van der Waals surface area contributed by atoms with Gasteiger partial charge in [0.05, 0.1) is 11.8 Å². The molecule has 1 aromatic carbocycles. The lowest BCUT2D eigenvalue weighted by Gasteiger charge is -2.13. The highest BCUT2D eigenvalue weighted by molar-refractivity contribution is 9.10. The third-order valence-corrected chi connectivity index (χ3v) is 4.76. The van der Waals surface area contributed by atoms with E-state index in [9.17, 15) is 13.2 Å². The highest BCUT2D eigenvalue weighted by Crippen LogP contribution is 2.23. The summed E-state index contributed by atoms with van der Waals surface area (Å²) in [5.74, 6) is -0.432. The number of carbonyl (C=O) groups is 1. The molecule has 1 aliphatic heterocycles. The van der Waals surface area contributed by atoms with E-state index in [1.165, 1.54) is 6.08 Å². The maximum Gasteiger partial charge on any atom is 0.252 e. The number of rotatable bonds is 2. The molecule has 0 fully saturated rings. The smallest absolute Gasteiger partial charge is 0.252 e. The van der Waals surface area contributed by atoms with Gasteiger partial charge in [-0.25, -0.2) is 8.42 Å². The fourth-order valence-electron chi connectivity index (χ4n) is 1.85. The lowest BCUT2D eigenvalue weighted by Crippen LogP contribution is -2.35. The maximum atomic E-state index is 12.1. The molecule has 2 rings (SSSR count). The summed E-state index contributed by atoms with van der Waals surface area (Å²) in [7, 11) is -3.18. The normalized spacial score (nSPS) is 20.4. The molecule has 0 saturated heterocycles. The number of nitrogen functional groups attached to an aromatic ring is 1. The van der Waals surface area contributed by atoms with Gasteiger partial charge >= 0.3 is 0 Å². The van der Waals surface area contributed by atoms with E-state index in [0.29, 0.717) is 21.3 Å². The Balaban J connectivity index is 2.20. The van der Waals surface area contributed by atoms with E-state index < -0.39 is 15.9 Å². The fraction of sp³-hybridized carbons (Fsp3) is 0.250. The van der Waals surface area contributed by atoms with E-state index in [-0.39, 0.29) is 11.7 Å². The largest absolute Gasteiger partial charge is 0.398 e. The van der Waals surface area contributed by atoms with Crippen molar-refractivity contribution in [3.05, 3.63) is 39.2 Å². The number of benzene rings is 1. The first kappa shape index (κ1) is 14.1. The second-order valence-corrected chi connectivity index (χ2v) is 7.25. The van der Waals surface area contributed by atoms with Crippen LogP contribution < -0.4 is 11.1 Å². The van der Waals surface area contributed by atoms with Crippen LogP contribution in [-0.4, -0.2) is 26.1 Å². The van der Waals surface area contributed by atoms with Gasteiger partial charge in [-0.2, -0.15) is 0 Å². The third-order valence-electron chi connectivity index (χ3n) is 2.90. The number of carbonyl (C=O) groups excluding carboxylic acids is 1. The van der Waals surface area contributed by atoms with Crippen LogP contribution in [0.15, 0.2) is 28.1 Å². The van der Waals surface area contributed by atoms with E-state index in [1.54, 1.807) is 19.1 Å². The van der Waals surface area contributed by atoms with Crippen LogP contribution in [-0.2, 0) is 9.84 Å². The van der Waals surface area contributed by atoms with E-state index in [1.807, 2.05) is 0 Å². The number of hydrogen-bond acceptors (Lipinski definition) is 4. The van der Waals surface area contributed by atoms with Crippen LogP contribution in [0.3, 0.4) is 0 Å². The Kier molecular flexibility index (Phi) is 3.69. The van der Waals surface area contributed by atoms with Gasteiger partial charge in [0.1, 0.15) is 0 Å². The molecule has 1 aliphatic rings. The van der Waals surface area contributed by atoms with Crippen molar-refractivity contribution in [2.75, 3.05) is 11.5 Å². The number of amides is 1. The Hall–Kier alpha value is -1.34. The van der Waals surface area contributed by atoms with Crippen LogP contribution >= 0.6 is 15.9 Å². The molecule has 0 aromatic heterocycles. The molecule has 1 heterocycles. The molecule has 19 heavy (non-hydrogen) atoms. The van der Waals surface area contributed by atoms with E-state index in [0.717, 1.165) is 5.41 Å². The van der Waals surface area contributed by atoms with Crippen molar-refractivity contribution in [1.82, 2.24) is 5.32 Å². The van der Waals surface area contributed by atoms with E-state index in [2.05, 4.69) is 21.2 Å². The quantitative estimate of drug-likeness (QED) is 0.793. The summed E-state index contributed by atoms with van der Waals surface area (Å²) < 4.78 is 23.2. The molecule has 1 aromatic rings. The molecule has 0 aliphatic carbocycles. The van der Waals surface area contributed by atoms with Crippen molar-refractivity contribution in [1.29, 1.82) is 0 Å². The van der Waals surface area contributed by atoms with Crippen molar-refractivity contribution in [3.8, 4) is 0 Å². The second-order valence-electron chi connectivity index (χ2n) is 4.41. The lowest BCUT2D eigenvalue weighted by atomic mass is 10.1. The Labute approximate surface area is 119 Å². The number of sulfone groups is 1. The molecule has 0 radical (unpaired) electrons. The zero-order valence-electron chi connectivity index (χ0n) is 10.2. The SMILES string of the molecule is Cc1c(N)cc(Br)cc1C(=O)NC1C=CS(=O)(=O)C1. The van der Waals surface area contributed by atoms with Gasteiger partial charge in [-0.3, -0.25) is 4.79 Å². The molecule has 5 nitrogen and oxygen atoms in total. The lowest BCUT2D eigenvalue weighted by molar-refractivity contribution is 0.0947. The number of anilines is 1. The molecule has 1 amide bonds. The molecule has 1 atom stereocenters. The van der Waals surface area contributed by atoms with Crippen molar-refractivity contribution in [3.63, 3.8) is 0 Å². The molecular formula is C12H13BrN2O3S. The van der Waals surface area contributed by atoms with Gasteiger partial charge in [-0.05, 0) is 30.7 Å². The van der Waals surface area contributed by atoms with Crippen LogP contribution in [0, 0.1) is 6.92 Å². The third kappa shape index (κ3) is 3.16. The van der Waals surface area contributed by atoms with E-state index in [4.69, 9.17) is 5.73 Å². The van der Waals surface area contributed by atoms with Gasteiger partial charge in [0, 0.05) is 21.1 Å². The van der Waals surface area contributed by atoms with Crippen molar-refractivity contribution in [2.24, 2.45) is 0 Å². The predicted molar refractivity (Wildman–Crippen MR) is 77.5 cm³/mol. The average molecular weight is 345 g/mol. The van der Waals surface area contributed by atoms with Crippen LogP contribution in [0.5, 0.6) is 0 Å². The first-order chi connectivity index (χ1) is 8.78. The summed E-state index contributed by atoms with van der Waals surface area (Å²) in [4.78, 5) is 12.1. The highest BCUT2D eigenvalue weighted by atomic mass is 79.9. The first-order valence-corrected chi connectivity index (χ1v) is 8.07. The number of nitrogens with one attached hydrogen (secondary N) is 1. The van der Waals surface area contributed by atoms with Gasteiger partial charge in [0.2, 0.25) is 0 Å². The monoisotopic (exact) mass is 344 g/mol. The van der Waals surface area contributed by atoms with Gasteiger partial charge in [0.25, 0.3) is 5.91 Å². The maximum absolute atomic E-state index is 12.1.